The van der Waals surface area contributed by atoms with Crippen molar-refractivity contribution in [2.24, 2.45) is 7.05 Å². The third-order valence-electron chi connectivity index (χ3n) is 5.78. The number of nitrogens with zero attached hydrogens (tertiary/aromatic N) is 2. The molecule has 0 aliphatic carbocycles. The maximum Gasteiger partial charge on any atom is 0.262 e. The summed E-state index contributed by atoms with van der Waals surface area (Å²) in [4.78, 5) is 5.05. The lowest BCUT2D eigenvalue weighted by Gasteiger charge is -2.13. The lowest BCUT2D eigenvalue weighted by atomic mass is 10.1. The Bertz CT molecular complexity index is 1370. The van der Waals surface area contributed by atoms with E-state index in [4.69, 9.17) is 4.98 Å². The van der Waals surface area contributed by atoms with Gasteiger partial charge in [0, 0.05) is 19.2 Å². The van der Waals surface area contributed by atoms with Gasteiger partial charge in [-0.3, -0.25) is 4.72 Å². The molecule has 0 aliphatic heterocycles. The van der Waals surface area contributed by atoms with Crippen LogP contribution < -0.4 is 4.72 Å². The van der Waals surface area contributed by atoms with E-state index in [1.807, 2.05) is 70.3 Å². The van der Waals surface area contributed by atoms with Gasteiger partial charge >= 0.3 is 0 Å². The largest absolute Gasteiger partial charge is 0.331 e. The van der Waals surface area contributed by atoms with Crippen molar-refractivity contribution in [3.63, 3.8) is 0 Å². The molecule has 160 valence electrons. The zero-order chi connectivity index (χ0) is 22.2. The average molecular weight is 434 g/mol. The molecule has 0 atom stereocenters. The number of anilines is 1. The summed E-state index contributed by atoms with van der Waals surface area (Å²) in [5.74, 6) is 1.01. The Morgan fingerprint density at radius 1 is 0.871 bits per heavy atom. The molecule has 0 saturated heterocycles. The van der Waals surface area contributed by atoms with Gasteiger partial charge in [0.05, 0.1) is 15.9 Å². The molecule has 1 aromatic heterocycles. The van der Waals surface area contributed by atoms with Crippen molar-refractivity contribution in [3.05, 3.63) is 88.7 Å². The highest BCUT2D eigenvalue weighted by Gasteiger charge is 2.18. The molecule has 0 spiro atoms. The molecular weight excluding hydrogens is 406 g/mol. The maximum absolute atomic E-state index is 13.0. The first-order valence-corrected chi connectivity index (χ1v) is 11.8. The number of aryl methyl sites for hydroxylation is 6. The van der Waals surface area contributed by atoms with E-state index in [0.29, 0.717) is 10.6 Å². The summed E-state index contributed by atoms with van der Waals surface area (Å²) in [5.41, 5.74) is 6.52. The van der Waals surface area contributed by atoms with E-state index in [-0.39, 0.29) is 0 Å². The van der Waals surface area contributed by atoms with Crippen molar-refractivity contribution in [1.29, 1.82) is 0 Å². The second kappa shape index (κ2) is 8.19. The highest BCUT2D eigenvalue weighted by molar-refractivity contribution is 7.92. The molecule has 0 radical (unpaired) electrons. The monoisotopic (exact) mass is 433 g/mol. The van der Waals surface area contributed by atoms with Crippen LogP contribution in [-0.2, 0) is 29.9 Å². The van der Waals surface area contributed by atoms with Crippen LogP contribution in [0.4, 0.5) is 5.69 Å². The minimum atomic E-state index is -3.66. The lowest BCUT2D eigenvalue weighted by Crippen LogP contribution is -2.15. The molecule has 1 N–H and O–H groups in total. The molecule has 4 rings (SSSR count). The maximum atomic E-state index is 13.0. The number of nitrogens with one attached hydrogen (secondary N) is 1. The number of para-hydroxylation sites is 2. The zero-order valence-corrected chi connectivity index (χ0v) is 19.1. The van der Waals surface area contributed by atoms with Gasteiger partial charge in [-0.25, -0.2) is 13.4 Å². The quantitative estimate of drug-likeness (QED) is 0.461. The number of rotatable bonds is 6. The molecule has 0 saturated carbocycles. The normalized spacial score (nSPS) is 11.7. The molecule has 0 bridgehead atoms. The Balaban J connectivity index is 1.53. The summed E-state index contributed by atoms with van der Waals surface area (Å²) in [5, 5.41) is 0. The predicted octanol–water partition coefficient (Wildman–Crippen LogP) is 5.08. The van der Waals surface area contributed by atoms with Gasteiger partial charge in [0.15, 0.2) is 0 Å². The third-order valence-corrected chi connectivity index (χ3v) is 7.30. The second-order valence-electron chi connectivity index (χ2n) is 8.08. The molecular formula is C25H27N3O2S. The number of sulfonamides is 1. The molecule has 6 heteroatoms. The van der Waals surface area contributed by atoms with Crippen LogP contribution in [0.1, 0.15) is 28.1 Å². The van der Waals surface area contributed by atoms with Gasteiger partial charge in [0.1, 0.15) is 5.82 Å². The minimum absolute atomic E-state index is 0.320. The fourth-order valence-corrected chi connectivity index (χ4v) is 5.26. The van der Waals surface area contributed by atoms with Crippen LogP contribution in [0.3, 0.4) is 0 Å². The van der Waals surface area contributed by atoms with E-state index in [1.54, 1.807) is 12.1 Å². The number of benzene rings is 3. The summed E-state index contributed by atoms with van der Waals surface area (Å²) in [7, 11) is -1.63. The number of imidazole rings is 1. The van der Waals surface area contributed by atoms with E-state index in [0.717, 1.165) is 52.0 Å². The van der Waals surface area contributed by atoms with E-state index >= 15 is 0 Å². The van der Waals surface area contributed by atoms with Crippen molar-refractivity contribution in [1.82, 2.24) is 9.55 Å². The summed E-state index contributed by atoms with van der Waals surface area (Å²) in [6.45, 7) is 5.74. The lowest BCUT2D eigenvalue weighted by molar-refractivity contribution is 0.600. The Morgan fingerprint density at radius 2 is 1.61 bits per heavy atom. The first-order valence-electron chi connectivity index (χ1n) is 10.3. The van der Waals surface area contributed by atoms with Crippen molar-refractivity contribution >= 4 is 26.7 Å². The van der Waals surface area contributed by atoms with Crippen LogP contribution in [0.15, 0.2) is 65.6 Å². The van der Waals surface area contributed by atoms with Gasteiger partial charge in [-0.1, -0.05) is 30.3 Å². The van der Waals surface area contributed by atoms with E-state index < -0.39 is 10.0 Å². The van der Waals surface area contributed by atoms with Crippen LogP contribution in [0.2, 0.25) is 0 Å². The number of fused-ring (bicyclic) bond motifs is 1. The SMILES string of the molecule is Cc1cc(C)c(S(=O)(=O)Nc2cccc(CCc3nc4ccccc4n3C)c2)cc1C. The Morgan fingerprint density at radius 3 is 2.39 bits per heavy atom. The first-order chi connectivity index (χ1) is 14.7. The van der Waals surface area contributed by atoms with Crippen LogP contribution in [-0.4, -0.2) is 18.0 Å². The van der Waals surface area contributed by atoms with E-state index in [1.165, 1.54) is 0 Å². The third kappa shape index (κ3) is 4.35. The summed E-state index contributed by atoms with van der Waals surface area (Å²) in [6.07, 6.45) is 1.55. The first kappa shape index (κ1) is 21.1. The van der Waals surface area contributed by atoms with E-state index in [9.17, 15) is 8.42 Å². The second-order valence-corrected chi connectivity index (χ2v) is 9.73. The zero-order valence-electron chi connectivity index (χ0n) is 18.3. The number of hydrogen-bond donors (Lipinski definition) is 1. The molecule has 1 heterocycles. The van der Waals surface area contributed by atoms with Crippen molar-refractivity contribution < 1.29 is 8.42 Å². The van der Waals surface area contributed by atoms with Gasteiger partial charge in [0.2, 0.25) is 0 Å². The topological polar surface area (TPSA) is 64.0 Å². The Labute approximate surface area is 183 Å². The van der Waals surface area contributed by atoms with Gasteiger partial charge in [-0.05, 0) is 79.8 Å². The number of hydrogen-bond acceptors (Lipinski definition) is 3. The van der Waals surface area contributed by atoms with Crippen molar-refractivity contribution in [2.75, 3.05) is 4.72 Å². The molecule has 0 aliphatic rings. The fourth-order valence-electron chi connectivity index (χ4n) is 3.90. The molecule has 31 heavy (non-hydrogen) atoms. The van der Waals surface area contributed by atoms with Crippen LogP contribution in [0.5, 0.6) is 0 Å². The standard InChI is InChI=1S/C25H27N3O2S/c1-17-14-19(3)24(15-18(17)2)31(29,30)27-21-9-7-8-20(16-21)12-13-25-26-22-10-5-6-11-23(22)28(25)4/h5-11,14-16,27H,12-13H2,1-4H3. The molecule has 5 nitrogen and oxygen atoms in total. The Kier molecular flexibility index (Phi) is 5.58. The molecule has 0 amide bonds. The van der Waals surface area contributed by atoms with Gasteiger partial charge in [-0.2, -0.15) is 0 Å². The van der Waals surface area contributed by atoms with Gasteiger partial charge in [-0.15, -0.1) is 0 Å². The summed E-state index contributed by atoms with van der Waals surface area (Å²) < 4.78 is 30.9. The Hall–Kier alpha value is -3.12. The number of aromatic nitrogens is 2. The average Bonchev–Trinajstić information content (AvgIpc) is 3.05. The molecule has 3 aromatic carbocycles. The highest BCUT2D eigenvalue weighted by Crippen LogP contribution is 2.24. The van der Waals surface area contributed by atoms with Crippen molar-refractivity contribution in [2.45, 2.75) is 38.5 Å². The minimum Gasteiger partial charge on any atom is -0.331 e. The molecule has 4 aromatic rings. The highest BCUT2D eigenvalue weighted by atomic mass is 32.2. The fraction of sp³-hybridized carbons (Fsp3) is 0.240. The molecule has 0 unspecified atom stereocenters. The van der Waals surface area contributed by atoms with Crippen LogP contribution in [0, 0.1) is 20.8 Å². The smallest absolute Gasteiger partial charge is 0.262 e. The summed E-state index contributed by atoms with van der Waals surface area (Å²) >= 11 is 0. The van der Waals surface area contributed by atoms with Crippen molar-refractivity contribution in [3.8, 4) is 0 Å². The molecule has 0 fully saturated rings. The van der Waals surface area contributed by atoms with Gasteiger partial charge < -0.3 is 4.57 Å². The summed E-state index contributed by atoms with van der Waals surface area (Å²) in [6, 6.07) is 19.3. The van der Waals surface area contributed by atoms with Crippen LogP contribution >= 0.6 is 0 Å². The predicted molar refractivity (Wildman–Crippen MR) is 126 cm³/mol. The van der Waals surface area contributed by atoms with Crippen LogP contribution in [0.25, 0.3) is 11.0 Å². The van der Waals surface area contributed by atoms with Gasteiger partial charge in [0.25, 0.3) is 10.0 Å². The van der Waals surface area contributed by atoms with E-state index in [2.05, 4.69) is 15.4 Å².